The summed E-state index contributed by atoms with van der Waals surface area (Å²) >= 11 is 0. The van der Waals surface area contributed by atoms with Crippen molar-refractivity contribution in [2.24, 2.45) is 0 Å². The number of amides is 1. The fourth-order valence-electron chi connectivity index (χ4n) is 3.22. The van der Waals surface area contributed by atoms with Crippen LogP contribution in [-0.4, -0.2) is 23.9 Å². The van der Waals surface area contributed by atoms with Gasteiger partial charge in [-0.1, -0.05) is 45.0 Å². The molecule has 3 rings (SSSR count). The molecule has 0 aliphatic carbocycles. The smallest absolute Gasteiger partial charge is 0.255 e. The van der Waals surface area contributed by atoms with Gasteiger partial charge in [0.25, 0.3) is 5.91 Å². The molecule has 1 fully saturated rings. The summed E-state index contributed by atoms with van der Waals surface area (Å²) < 4.78 is 0. The number of nitrogens with zero attached hydrogens (tertiary/aromatic N) is 1. The minimum absolute atomic E-state index is 0.0590. The maximum Gasteiger partial charge on any atom is 0.255 e. The van der Waals surface area contributed by atoms with Crippen molar-refractivity contribution in [3.05, 3.63) is 65.2 Å². The van der Waals surface area contributed by atoms with E-state index in [-0.39, 0.29) is 11.3 Å². The summed E-state index contributed by atoms with van der Waals surface area (Å²) in [4.78, 5) is 14.9. The number of likely N-dealkylation sites (tertiary alicyclic amines) is 1. The number of carbonyl (C=O) groups excluding carboxylic acids is 1. The first-order valence-corrected chi connectivity index (χ1v) is 9.15. The summed E-state index contributed by atoms with van der Waals surface area (Å²) in [6, 6.07) is 16.1. The van der Waals surface area contributed by atoms with Crippen molar-refractivity contribution < 1.29 is 4.79 Å². The Bertz CT molecular complexity index is 705. The van der Waals surface area contributed by atoms with Crippen LogP contribution in [0.25, 0.3) is 0 Å². The largest absolute Gasteiger partial charge is 0.322 e. The molecule has 1 aliphatic rings. The van der Waals surface area contributed by atoms with Crippen LogP contribution in [0.4, 0.5) is 5.69 Å². The molecule has 0 bridgehead atoms. The van der Waals surface area contributed by atoms with Crippen LogP contribution in [0.2, 0.25) is 0 Å². The number of hydrogen-bond acceptors (Lipinski definition) is 2. The zero-order valence-electron chi connectivity index (χ0n) is 15.5. The second-order valence-electron chi connectivity index (χ2n) is 7.96. The van der Waals surface area contributed by atoms with Crippen LogP contribution < -0.4 is 5.32 Å². The van der Waals surface area contributed by atoms with Crippen molar-refractivity contribution >= 4 is 11.6 Å². The minimum atomic E-state index is -0.0590. The Balaban J connectivity index is 1.60. The number of nitrogens with one attached hydrogen (secondary N) is 1. The number of benzene rings is 2. The molecular weight excluding hydrogens is 308 g/mol. The van der Waals surface area contributed by atoms with E-state index in [1.165, 1.54) is 37.1 Å². The molecule has 132 valence electrons. The molecule has 25 heavy (non-hydrogen) atoms. The van der Waals surface area contributed by atoms with E-state index in [9.17, 15) is 4.79 Å². The molecule has 1 N–H and O–H groups in total. The predicted octanol–water partition coefficient (Wildman–Crippen LogP) is 4.83. The van der Waals surface area contributed by atoms with Crippen molar-refractivity contribution in [1.29, 1.82) is 0 Å². The number of rotatable bonds is 4. The van der Waals surface area contributed by atoms with Crippen LogP contribution in [0.1, 0.15) is 55.1 Å². The van der Waals surface area contributed by atoms with Gasteiger partial charge in [0.1, 0.15) is 0 Å². The lowest BCUT2D eigenvalue weighted by Crippen LogP contribution is -2.18. The van der Waals surface area contributed by atoms with Gasteiger partial charge in [0, 0.05) is 17.8 Å². The molecule has 3 nitrogen and oxygen atoms in total. The van der Waals surface area contributed by atoms with E-state index in [1.807, 2.05) is 24.3 Å². The number of hydrogen-bond donors (Lipinski definition) is 1. The van der Waals surface area contributed by atoms with E-state index in [4.69, 9.17) is 0 Å². The summed E-state index contributed by atoms with van der Waals surface area (Å²) in [7, 11) is 0. The maximum absolute atomic E-state index is 12.4. The minimum Gasteiger partial charge on any atom is -0.322 e. The van der Waals surface area contributed by atoms with Crippen LogP contribution in [-0.2, 0) is 12.0 Å². The average molecular weight is 336 g/mol. The Labute approximate surface area is 151 Å². The molecule has 1 amide bonds. The Kier molecular flexibility index (Phi) is 5.24. The first kappa shape index (κ1) is 17.7. The second-order valence-corrected chi connectivity index (χ2v) is 7.96. The third-order valence-corrected chi connectivity index (χ3v) is 4.83. The highest BCUT2D eigenvalue weighted by atomic mass is 16.1. The van der Waals surface area contributed by atoms with Crippen LogP contribution >= 0.6 is 0 Å². The Morgan fingerprint density at radius 2 is 1.56 bits per heavy atom. The molecule has 2 aromatic rings. The van der Waals surface area contributed by atoms with Gasteiger partial charge in [-0.3, -0.25) is 9.69 Å². The molecule has 0 atom stereocenters. The lowest BCUT2D eigenvalue weighted by Gasteiger charge is -2.19. The van der Waals surface area contributed by atoms with Crippen LogP contribution in [0.3, 0.4) is 0 Å². The molecule has 1 aliphatic heterocycles. The Morgan fingerprint density at radius 1 is 0.960 bits per heavy atom. The standard InChI is InChI=1S/C22H28N2O/c1-22(2,3)19-10-12-20(13-11-19)23-21(25)18-8-6-17(7-9-18)16-24-14-4-5-15-24/h6-13H,4-5,14-16H2,1-3H3,(H,23,25). The first-order valence-electron chi connectivity index (χ1n) is 9.15. The molecule has 0 saturated carbocycles. The van der Waals surface area contributed by atoms with Gasteiger partial charge in [-0.25, -0.2) is 0 Å². The van der Waals surface area contributed by atoms with Gasteiger partial charge in [-0.2, -0.15) is 0 Å². The van der Waals surface area contributed by atoms with Crippen molar-refractivity contribution in [1.82, 2.24) is 4.90 Å². The Hall–Kier alpha value is -2.13. The molecule has 0 radical (unpaired) electrons. The lowest BCUT2D eigenvalue weighted by atomic mass is 9.87. The summed E-state index contributed by atoms with van der Waals surface area (Å²) in [5.74, 6) is -0.0590. The third kappa shape index (κ3) is 4.70. The van der Waals surface area contributed by atoms with Crippen molar-refractivity contribution in [3.8, 4) is 0 Å². The zero-order chi connectivity index (χ0) is 17.9. The van der Waals surface area contributed by atoms with E-state index in [0.717, 1.165) is 12.2 Å². The van der Waals surface area contributed by atoms with Crippen LogP contribution in [0.5, 0.6) is 0 Å². The van der Waals surface area contributed by atoms with Crippen molar-refractivity contribution in [2.75, 3.05) is 18.4 Å². The fourth-order valence-corrected chi connectivity index (χ4v) is 3.22. The molecule has 0 aromatic heterocycles. The third-order valence-electron chi connectivity index (χ3n) is 4.83. The highest BCUT2D eigenvalue weighted by Gasteiger charge is 2.14. The van der Waals surface area contributed by atoms with Crippen molar-refractivity contribution in [2.45, 2.75) is 45.6 Å². The van der Waals surface area contributed by atoms with Gasteiger partial charge in [0.15, 0.2) is 0 Å². The highest BCUT2D eigenvalue weighted by Crippen LogP contribution is 2.23. The van der Waals surface area contributed by atoms with E-state index in [2.05, 4.69) is 55.3 Å². The Morgan fingerprint density at radius 3 is 2.12 bits per heavy atom. The van der Waals surface area contributed by atoms with Crippen LogP contribution in [0, 0.1) is 0 Å². The monoisotopic (exact) mass is 336 g/mol. The van der Waals surface area contributed by atoms with E-state index in [1.54, 1.807) is 0 Å². The highest BCUT2D eigenvalue weighted by molar-refractivity contribution is 6.04. The van der Waals surface area contributed by atoms with Gasteiger partial charge < -0.3 is 5.32 Å². The average Bonchev–Trinajstić information content (AvgIpc) is 3.08. The van der Waals surface area contributed by atoms with E-state index in [0.29, 0.717) is 5.56 Å². The van der Waals surface area contributed by atoms with E-state index < -0.39 is 0 Å². The number of carbonyl (C=O) groups is 1. The SMILES string of the molecule is CC(C)(C)c1ccc(NC(=O)c2ccc(CN3CCCC3)cc2)cc1. The molecule has 0 unspecified atom stereocenters. The van der Waals surface area contributed by atoms with Gasteiger partial charge in [-0.05, 0) is 66.7 Å². The van der Waals surface area contributed by atoms with Crippen molar-refractivity contribution in [3.63, 3.8) is 0 Å². The maximum atomic E-state index is 12.4. The van der Waals surface area contributed by atoms with Gasteiger partial charge >= 0.3 is 0 Å². The molecule has 1 saturated heterocycles. The lowest BCUT2D eigenvalue weighted by molar-refractivity contribution is 0.102. The first-order chi connectivity index (χ1) is 11.9. The second kappa shape index (κ2) is 7.40. The van der Waals surface area contributed by atoms with Gasteiger partial charge in [0.2, 0.25) is 0 Å². The predicted molar refractivity (Wildman–Crippen MR) is 104 cm³/mol. The summed E-state index contributed by atoms with van der Waals surface area (Å²) in [6.45, 7) is 9.91. The molecule has 3 heteroatoms. The molecule has 1 heterocycles. The molecular formula is C22H28N2O. The topological polar surface area (TPSA) is 32.3 Å². The van der Waals surface area contributed by atoms with E-state index >= 15 is 0 Å². The van der Waals surface area contributed by atoms with Gasteiger partial charge in [0.05, 0.1) is 0 Å². The normalized spacial score (nSPS) is 15.3. The van der Waals surface area contributed by atoms with Crippen LogP contribution in [0.15, 0.2) is 48.5 Å². The summed E-state index contributed by atoms with van der Waals surface area (Å²) in [6.07, 6.45) is 2.60. The zero-order valence-corrected chi connectivity index (χ0v) is 15.5. The van der Waals surface area contributed by atoms with Gasteiger partial charge in [-0.15, -0.1) is 0 Å². The molecule has 0 spiro atoms. The summed E-state index contributed by atoms with van der Waals surface area (Å²) in [5, 5.41) is 2.98. The fraction of sp³-hybridized carbons (Fsp3) is 0.409. The summed E-state index contributed by atoms with van der Waals surface area (Å²) in [5.41, 5.74) is 4.18. The number of anilines is 1. The molecule has 2 aromatic carbocycles. The quantitative estimate of drug-likeness (QED) is 0.867.